The van der Waals surface area contributed by atoms with Crippen molar-refractivity contribution in [3.63, 3.8) is 0 Å². The Balaban J connectivity index is 2.22. The third kappa shape index (κ3) is 3.46. The lowest BCUT2D eigenvalue weighted by Crippen LogP contribution is -2.15. The SMILES string of the molecule is CC(F)(F)c1ccc(C(=O)Nc2ccccc2C(=O)O)cc1. The number of halogens is 2. The lowest BCUT2D eigenvalue weighted by atomic mass is 10.1. The molecule has 0 aliphatic rings. The molecule has 0 aromatic heterocycles. The van der Waals surface area contributed by atoms with Crippen molar-refractivity contribution in [2.45, 2.75) is 12.8 Å². The van der Waals surface area contributed by atoms with Crippen LogP contribution < -0.4 is 5.32 Å². The lowest BCUT2D eigenvalue weighted by molar-refractivity contribution is 0.0174. The van der Waals surface area contributed by atoms with Crippen molar-refractivity contribution in [1.82, 2.24) is 0 Å². The average Bonchev–Trinajstić information content (AvgIpc) is 2.46. The molecule has 2 N–H and O–H groups in total. The molecule has 0 aliphatic heterocycles. The number of anilines is 1. The van der Waals surface area contributed by atoms with Crippen molar-refractivity contribution >= 4 is 17.6 Å². The van der Waals surface area contributed by atoms with Crippen molar-refractivity contribution in [3.05, 3.63) is 65.2 Å². The van der Waals surface area contributed by atoms with E-state index in [-0.39, 0.29) is 22.4 Å². The average molecular weight is 305 g/mol. The molecule has 0 saturated heterocycles. The molecule has 0 heterocycles. The van der Waals surface area contributed by atoms with Gasteiger partial charge in [0.25, 0.3) is 11.8 Å². The molecule has 0 fully saturated rings. The van der Waals surface area contributed by atoms with Crippen molar-refractivity contribution in [3.8, 4) is 0 Å². The summed E-state index contributed by atoms with van der Waals surface area (Å²) in [5.41, 5.74) is 0.0561. The Kier molecular flexibility index (Phi) is 4.21. The fourth-order valence-corrected chi connectivity index (χ4v) is 1.89. The molecule has 0 aliphatic carbocycles. The summed E-state index contributed by atoms with van der Waals surface area (Å²) in [6.45, 7) is 0.769. The standard InChI is InChI=1S/C16H13F2NO3/c1-16(17,18)11-8-6-10(7-9-11)14(20)19-13-5-3-2-4-12(13)15(21)22/h2-9H,1H3,(H,19,20)(H,21,22). The summed E-state index contributed by atoms with van der Waals surface area (Å²) in [4.78, 5) is 23.1. The van der Waals surface area contributed by atoms with Gasteiger partial charge >= 0.3 is 5.97 Å². The molecule has 0 saturated carbocycles. The van der Waals surface area contributed by atoms with Crippen LogP contribution in [-0.2, 0) is 5.92 Å². The minimum Gasteiger partial charge on any atom is -0.478 e. The molecular weight excluding hydrogens is 292 g/mol. The molecule has 0 unspecified atom stereocenters. The molecule has 4 nitrogen and oxygen atoms in total. The number of carbonyl (C=O) groups excluding carboxylic acids is 1. The number of benzene rings is 2. The monoisotopic (exact) mass is 305 g/mol. The van der Waals surface area contributed by atoms with Gasteiger partial charge in [-0.3, -0.25) is 4.79 Å². The maximum absolute atomic E-state index is 13.1. The van der Waals surface area contributed by atoms with Crippen molar-refractivity contribution < 1.29 is 23.5 Å². The van der Waals surface area contributed by atoms with E-state index in [2.05, 4.69) is 5.32 Å². The van der Waals surface area contributed by atoms with Crippen LogP contribution >= 0.6 is 0 Å². The molecule has 2 aromatic carbocycles. The fourth-order valence-electron chi connectivity index (χ4n) is 1.89. The molecule has 0 spiro atoms. The summed E-state index contributed by atoms with van der Waals surface area (Å²) in [6, 6.07) is 10.8. The van der Waals surface area contributed by atoms with E-state index < -0.39 is 17.8 Å². The maximum atomic E-state index is 13.1. The molecule has 2 aromatic rings. The zero-order valence-electron chi connectivity index (χ0n) is 11.6. The van der Waals surface area contributed by atoms with Gasteiger partial charge in [-0.2, -0.15) is 0 Å². The summed E-state index contributed by atoms with van der Waals surface area (Å²) >= 11 is 0. The zero-order valence-corrected chi connectivity index (χ0v) is 11.6. The van der Waals surface area contributed by atoms with Gasteiger partial charge in [-0.15, -0.1) is 0 Å². The Morgan fingerprint density at radius 1 is 1.05 bits per heavy atom. The Hall–Kier alpha value is -2.76. The van der Waals surface area contributed by atoms with E-state index in [1.807, 2.05) is 0 Å². The smallest absolute Gasteiger partial charge is 0.337 e. The molecule has 0 atom stereocenters. The van der Waals surface area contributed by atoms with Crippen molar-refractivity contribution in [2.75, 3.05) is 5.32 Å². The molecule has 22 heavy (non-hydrogen) atoms. The van der Waals surface area contributed by atoms with E-state index in [4.69, 9.17) is 5.11 Å². The number of alkyl halides is 2. The number of rotatable bonds is 4. The normalized spacial score (nSPS) is 11.0. The van der Waals surface area contributed by atoms with E-state index in [0.29, 0.717) is 0 Å². The largest absolute Gasteiger partial charge is 0.478 e. The van der Waals surface area contributed by atoms with Crippen LogP contribution in [-0.4, -0.2) is 17.0 Å². The number of hydrogen-bond donors (Lipinski definition) is 2. The van der Waals surface area contributed by atoms with E-state index in [1.165, 1.54) is 30.3 Å². The summed E-state index contributed by atoms with van der Waals surface area (Å²) in [7, 11) is 0. The Morgan fingerprint density at radius 3 is 2.18 bits per heavy atom. The van der Waals surface area contributed by atoms with E-state index in [0.717, 1.165) is 19.1 Å². The minimum absolute atomic E-state index is 0.0486. The highest BCUT2D eigenvalue weighted by Gasteiger charge is 2.24. The summed E-state index contributed by atoms with van der Waals surface area (Å²) < 4.78 is 26.2. The van der Waals surface area contributed by atoms with Crippen LogP contribution in [0.1, 0.15) is 33.2 Å². The predicted molar refractivity (Wildman–Crippen MR) is 77.4 cm³/mol. The first-order valence-corrected chi connectivity index (χ1v) is 6.41. The maximum Gasteiger partial charge on any atom is 0.337 e. The minimum atomic E-state index is -2.98. The number of carboxylic acids is 1. The van der Waals surface area contributed by atoms with Crippen LogP contribution in [0.3, 0.4) is 0 Å². The van der Waals surface area contributed by atoms with Crippen LogP contribution in [0.5, 0.6) is 0 Å². The van der Waals surface area contributed by atoms with Gasteiger partial charge in [-0.1, -0.05) is 24.3 Å². The summed E-state index contributed by atoms with van der Waals surface area (Å²) in [6.07, 6.45) is 0. The fraction of sp³-hybridized carbons (Fsp3) is 0.125. The van der Waals surface area contributed by atoms with Gasteiger partial charge in [0.2, 0.25) is 0 Å². The highest BCUT2D eigenvalue weighted by molar-refractivity contribution is 6.07. The molecule has 0 bridgehead atoms. The Labute approximate surface area is 125 Å². The molecule has 6 heteroatoms. The van der Waals surface area contributed by atoms with Gasteiger partial charge in [0.15, 0.2) is 0 Å². The van der Waals surface area contributed by atoms with Crippen LogP contribution in [0.15, 0.2) is 48.5 Å². The topological polar surface area (TPSA) is 66.4 Å². The predicted octanol–water partition coefficient (Wildman–Crippen LogP) is 3.75. The number of aromatic carboxylic acids is 1. The first kappa shape index (κ1) is 15.6. The van der Waals surface area contributed by atoms with E-state index in [9.17, 15) is 18.4 Å². The molecular formula is C16H13F2NO3. The first-order valence-electron chi connectivity index (χ1n) is 6.41. The van der Waals surface area contributed by atoms with Crippen molar-refractivity contribution in [2.24, 2.45) is 0 Å². The lowest BCUT2D eigenvalue weighted by Gasteiger charge is -2.11. The number of hydrogen-bond acceptors (Lipinski definition) is 2. The van der Waals surface area contributed by atoms with Gasteiger partial charge < -0.3 is 10.4 Å². The number of amides is 1. The quantitative estimate of drug-likeness (QED) is 0.904. The van der Waals surface area contributed by atoms with Crippen molar-refractivity contribution in [1.29, 1.82) is 0 Å². The van der Waals surface area contributed by atoms with E-state index >= 15 is 0 Å². The number of nitrogens with one attached hydrogen (secondary N) is 1. The highest BCUT2D eigenvalue weighted by atomic mass is 19.3. The number of carboxylic acid groups (broad SMARTS) is 1. The summed E-state index contributed by atoms with van der Waals surface area (Å²) in [5, 5.41) is 11.5. The zero-order chi connectivity index (χ0) is 16.3. The third-order valence-electron chi connectivity index (χ3n) is 3.06. The van der Waals surface area contributed by atoms with Crippen LogP contribution in [0.25, 0.3) is 0 Å². The second-order valence-corrected chi connectivity index (χ2v) is 4.77. The van der Waals surface area contributed by atoms with Crippen LogP contribution in [0.2, 0.25) is 0 Å². The number of carbonyl (C=O) groups is 2. The number of para-hydroxylation sites is 1. The van der Waals surface area contributed by atoms with Crippen LogP contribution in [0, 0.1) is 0 Å². The van der Waals surface area contributed by atoms with Gasteiger partial charge in [0.1, 0.15) is 0 Å². The van der Waals surface area contributed by atoms with Gasteiger partial charge in [-0.25, -0.2) is 13.6 Å². The van der Waals surface area contributed by atoms with Gasteiger partial charge in [0.05, 0.1) is 11.3 Å². The highest BCUT2D eigenvalue weighted by Crippen LogP contribution is 2.27. The second kappa shape index (κ2) is 5.93. The first-order chi connectivity index (χ1) is 10.3. The van der Waals surface area contributed by atoms with E-state index in [1.54, 1.807) is 6.07 Å². The van der Waals surface area contributed by atoms with Gasteiger partial charge in [-0.05, 0) is 24.3 Å². The Bertz CT molecular complexity index is 706. The third-order valence-corrected chi connectivity index (χ3v) is 3.06. The van der Waals surface area contributed by atoms with Gasteiger partial charge in [0, 0.05) is 18.1 Å². The summed E-state index contributed by atoms with van der Waals surface area (Å²) in [5.74, 6) is -4.72. The molecule has 1 amide bonds. The Morgan fingerprint density at radius 2 is 1.64 bits per heavy atom. The second-order valence-electron chi connectivity index (χ2n) is 4.77. The molecule has 0 radical (unpaired) electrons. The molecule has 2 rings (SSSR count). The van der Waals surface area contributed by atoms with Crippen LogP contribution in [0.4, 0.5) is 14.5 Å². The molecule has 114 valence electrons.